The van der Waals surface area contributed by atoms with Crippen molar-refractivity contribution in [2.45, 2.75) is 0 Å². The van der Waals surface area contributed by atoms with Gasteiger partial charge in [0.25, 0.3) is 0 Å². The van der Waals surface area contributed by atoms with Gasteiger partial charge >= 0.3 is 0 Å². The number of hydrogen-bond acceptors (Lipinski definition) is 8. The Labute approximate surface area is 214 Å². The fraction of sp³-hybridized carbons (Fsp3) is 0.0769. The molecule has 0 aliphatic rings. The summed E-state index contributed by atoms with van der Waals surface area (Å²) < 4.78 is 37.7. The molecule has 5 rings (SSSR count). The van der Waals surface area contributed by atoms with Crippen molar-refractivity contribution in [2.75, 3.05) is 24.8 Å². The fourth-order valence-corrected chi connectivity index (χ4v) is 4.05. The van der Waals surface area contributed by atoms with Gasteiger partial charge < -0.3 is 20.2 Å². The van der Waals surface area contributed by atoms with Crippen LogP contribution in [0.1, 0.15) is 0 Å². The molecule has 0 radical (unpaired) electrons. The summed E-state index contributed by atoms with van der Waals surface area (Å²) in [5.74, 6) is 2.61. The quantitative estimate of drug-likeness (QED) is 0.215. The van der Waals surface area contributed by atoms with Crippen molar-refractivity contribution in [3.63, 3.8) is 0 Å². The molecule has 0 aliphatic heterocycles. The monoisotopic (exact) mass is 517 g/mol. The lowest BCUT2D eigenvalue weighted by molar-refractivity contribution is -0.111. The van der Waals surface area contributed by atoms with E-state index >= 15 is 8.78 Å². The predicted molar refractivity (Wildman–Crippen MR) is 139 cm³/mol. The van der Waals surface area contributed by atoms with E-state index in [0.717, 1.165) is 6.07 Å². The molecule has 0 aliphatic carbocycles. The number of nitrogens with two attached hydrogens (primary N) is 1. The topological polar surface area (TPSA) is 129 Å². The van der Waals surface area contributed by atoms with E-state index in [1.807, 2.05) is 0 Å². The van der Waals surface area contributed by atoms with E-state index in [2.05, 4.69) is 32.0 Å². The maximum absolute atomic E-state index is 15.5. The lowest BCUT2D eigenvalue weighted by Crippen LogP contribution is -2.07. The average Bonchev–Trinajstić information content (AvgIpc) is 3.39. The first-order valence-corrected chi connectivity index (χ1v) is 11.2. The van der Waals surface area contributed by atoms with E-state index in [9.17, 15) is 4.79 Å². The van der Waals surface area contributed by atoms with Crippen LogP contribution in [0.3, 0.4) is 0 Å². The summed E-state index contributed by atoms with van der Waals surface area (Å²) >= 11 is 0. The Hall–Kier alpha value is -5.10. The number of rotatable bonds is 7. The number of amides is 1. The van der Waals surface area contributed by atoms with Crippen LogP contribution in [0.5, 0.6) is 11.5 Å². The number of anilines is 2. The van der Waals surface area contributed by atoms with Crippen LogP contribution in [0, 0.1) is 11.6 Å². The number of hydrogen-bond donors (Lipinski definition) is 3. The number of nitrogens with one attached hydrogen (secondary N) is 2. The normalized spacial score (nSPS) is 11.0. The highest BCUT2D eigenvalue weighted by Crippen LogP contribution is 2.40. The van der Waals surface area contributed by atoms with Crippen molar-refractivity contribution < 1.29 is 23.1 Å². The summed E-state index contributed by atoms with van der Waals surface area (Å²) in [5.41, 5.74) is 2.08. The summed E-state index contributed by atoms with van der Waals surface area (Å²) in [7, 11) is 2.92. The molecule has 4 N–H and O–H groups in total. The van der Waals surface area contributed by atoms with Crippen LogP contribution >= 0.6 is 0 Å². The number of nitrogens with zero attached hydrogens (tertiary/aromatic N) is 4. The summed E-state index contributed by atoms with van der Waals surface area (Å²) in [6.07, 6.45) is 4.40. The lowest BCUT2D eigenvalue weighted by atomic mass is 10.0. The number of carbonyl (C=O) groups is 1. The Morgan fingerprint density at radius 1 is 1.11 bits per heavy atom. The van der Waals surface area contributed by atoms with Crippen LogP contribution in [-0.2, 0) is 4.79 Å². The van der Waals surface area contributed by atoms with Crippen LogP contribution in [0.15, 0.2) is 61.4 Å². The van der Waals surface area contributed by atoms with E-state index < -0.39 is 22.9 Å². The number of benzene rings is 2. The first-order valence-electron chi connectivity index (χ1n) is 11.2. The molecule has 12 heteroatoms. The van der Waals surface area contributed by atoms with Crippen molar-refractivity contribution in [3.8, 4) is 33.9 Å². The van der Waals surface area contributed by atoms with Gasteiger partial charge in [-0.3, -0.25) is 9.20 Å². The van der Waals surface area contributed by atoms with Gasteiger partial charge in [-0.15, -0.1) is 0 Å². The van der Waals surface area contributed by atoms with Gasteiger partial charge in [-0.25, -0.2) is 18.7 Å². The molecule has 0 unspecified atom stereocenters. The van der Waals surface area contributed by atoms with Gasteiger partial charge in [0.15, 0.2) is 28.8 Å². The Bertz CT molecular complexity index is 1690. The minimum atomic E-state index is -1.02. The van der Waals surface area contributed by atoms with Crippen LogP contribution < -0.4 is 26.1 Å². The molecule has 10 nitrogen and oxygen atoms in total. The Morgan fingerprint density at radius 2 is 1.84 bits per heavy atom. The number of methoxy groups -OCH3 is 1. The van der Waals surface area contributed by atoms with E-state index in [1.165, 1.54) is 25.4 Å². The van der Waals surface area contributed by atoms with Crippen molar-refractivity contribution >= 4 is 34.2 Å². The second kappa shape index (κ2) is 9.75. The second-order valence-electron chi connectivity index (χ2n) is 8.07. The third kappa shape index (κ3) is 4.12. The number of ether oxygens (including phenoxy) is 1. The molecule has 0 saturated heterocycles. The summed E-state index contributed by atoms with van der Waals surface area (Å²) in [6.45, 7) is 3.43. The average molecular weight is 517 g/mol. The highest BCUT2D eigenvalue weighted by atomic mass is 19.1. The minimum absolute atomic E-state index is 0.103. The Morgan fingerprint density at radius 3 is 2.50 bits per heavy atom. The van der Waals surface area contributed by atoms with Crippen LogP contribution in [-0.4, -0.2) is 39.4 Å². The van der Waals surface area contributed by atoms with E-state index in [4.69, 9.17) is 15.6 Å². The Balaban J connectivity index is 1.78. The maximum Gasteiger partial charge on any atom is 0.247 e. The number of carbonyl (C=O) groups excluding carboxylic acids is 1. The minimum Gasteiger partial charge on any atom is -0.494 e. The molecule has 5 aromatic rings. The molecule has 0 bridgehead atoms. The van der Waals surface area contributed by atoms with Crippen LogP contribution in [0.4, 0.5) is 20.4 Å². The highest BCUT2D eigenvalue weighted by Gasteiger charge is 2.26. The molecule has 3 aromatic heterocycles. The smallest absolute Gasteiger partial charge is 0.247 e. The molecular weight excluding hydrogens is 496 g/mol. The SMILES string of the molecule is C=CC(=O)Nc1ccc(-c2cn3c(n2)c(-c2c(F)c(OC)cc(ON)c2F)cc2cnc(NC)nc23)cc1. The van der Waals surface area contributed by atoms with Crippen molar-refractivity contribution in [3.05, 3.63) is 73.1 Å². The number of fused-ring (bicyclic) bond motifs is 3. The molecule has 2 aromatic carbocycles. The maximum atomic E-state index is 15.5. The van der Waals surface area contributed by atoms with E-state index in [-0.39, 0.29) is 22.9 Å². The van der Waals surface area contributed by atoms with Gasteiger partial charge in [0.05, 0.1) is 18.4 Å². The van der Waals surface area contributed by atoms with E-state index in [1.54, 1.807) is 41.9 Å². The molecule has 38 heavy (non-hydrogen) atoms. The molecule has 0 saturated carbocycles. The number of pyridine rings is 1. The van der Waals surface area contributed by atoms with Crippen molar-refractivity contribution in [2.24, 2.45) is 5.90 Å². The van der Waals surface area contributed by atoms with Crippen molar-refractivity contribution in [1.82, 2.24) is 19.4 Å². The van der Waals surface area contributed by atoms with Crippen LogP contribution in [0.25, 0.3) is 39.1 Å². The first-order chi connectivity index (χ1) is 18.4. The second-order valence-corrected chi connectivity index (χ2v) is 8.07. The Kier molecular flexibility index (Phi) is 6.31. The van der Waals surface area contributed by atoms with Gasteiger partial charge in [0.1, 0.15) is 5.65 Å². The van der Waals surface area contributed by atoms with Gasteiger partial charge in [0, 0.05) is 47.7 Å². The van der Waals surface area contributed by atoms with E-state index in [0.29, 0.717) is 33.9 Å². The van der Waals surface area contributed by atoms with Gasteiger partial charge in [-0.2, -0.15) is 10.9 Å². The third-order valence-corrected chi connectivity index (χ3v) is 5.88. The largest absolute Gasteiger partial charge is 0.494 e. The van der Waals surface area contributed by atoms with Gasteiger partial charge in [0.2, 0.25) is 11.9 Å². The first kappa shape index (κ1) is 24.6. The number of halogens is 2. The zero-order valence-corrected chi connectivity index (χ0v) is 20.3. The number of imidazole rings is 1. The molecule has 0 spiro atoms. The molecule has 3 heterocycles. The summed E-state index contributed by atoms with van der Waals surface area (Å²) in [5, 5.41) is 6.05. The molecular formula is C26H21F2N7O3. The summed E-state index contributed by atoms with van der Waals surface area (Å²) in [4.78, 5) is 29.7. The van der Waals surface area contributed by atoms with Crippen LogP contribution in [0.2, 0.25) is 0 Å². The zero-order chi connectivity index (χ0) is 27.0. The van der Waals surface area contributed by atoms with Gasteiger partial charge in [-0.05, 0) is 24.3 Å². The van der Waals surface area contributed by atoms with Crippen molar-refractivity contribution in [1.29, 1.82) is 0 Å². The lowest BCUT2D eigenvalue weighted by Gasteiger charge is -2.14. The molecule has 0 fully saturated rings. The fourth-order valence-electron chi connectivity index (χ4n) is 4.05. The highest BCUT2D eigenvalue weighted by molar-refractivity contribution is 5.99. The van der Waals surface area contributed by atoms with Gasteiger partial charge in [-0.1, -0.05) is 18.7 Å². The third-order valence-electron chi connectivity index (χ3n) is 5.88. The zero-order valence-electron chi connectivity index (χ0n) is 20.3. The molecule has 1 amide bonds. The summed E-state index contributed by atoms with van der Waals surface area (Å²) in [6, 6.07) is 9.47. The number of aromatic nitrogens is 4. The predicted octanol–water partition coefficient (Wildman–Crippen LogP) is 4.32. The standard InChI is InChI=1S/C26H21F2N7O3/c1-4-20(36)32-15-7-5-13(6-8-15)17-12-35-24-14(11-31-26(30-2)34-24)9-16(25(35)33-17)21-22(27)18(37-3)10-19(38-29)23(21)28/h4-12H,1,29H2,2-3H3,(H,32,36)(H,30,31,34). The molecule has 192 valence electrons. The molecule has 0 atom stereocenters.